The van der Waals surface area contributed by atoms with Crippen LogP contribution in [0.5, 0.6) is 5.75 Å². The van der Waals surface area contributed by atoms with Gasteiger partial charge in [-0.25, -0.2) is 4.79 Å². The van der Waals surface area contributed by atoms with Crippen LogP contribution in [0.2, 0.25) is 0 Å². The van der Waals surface area contributed by atoms with Crippen LogP contribution >= 0.6 is 11.3 Å². The van der Waals surface area contributed by atoms with E-state index in [4.69, 9.17) is 9.84 Å². The normalized spacial score (nSPS) is 10.3. The third-order valence-corrected chi connectivity index (χ3v) is 3.71. The molecule has 0 radical (unpaired) electrons. The molecule has 0 aliphatic rings. The van der Waals surface area contributed by atoms with E-state index in [1.807, 2.05) is 23.6 Å². The lowest BCUT2D eigenvalue weighted by Gasteiger charge is -2.08. The fraction of sp³-hybridized carbons (Fsp3) is 0.214. The third kappa shape index (κ3) is 2.38. The molecule has 1 aromatic heterocycles. The number of ether oxygens (including phenoxy) is 1. The minimum absolute atomic E-state index is 0.342. The lowest BCUT2D eigenvalue weighted by Crippen LogP contribution is -1.91. The Morgan fingerprint density at radius 3 is 2.72 bits per heavy atom. The van der Waals surface area contributed by atoms with Crippen molar-refractivity contribution in [3.63, 3.8) is 0 Å². The molecule has 0 spiro atoms. The van der Waals surface area contributed by atoms with Crippen LogP contribution in [0.25, 0.3) is 11.1 Å². The zero-order chi connectivity index (χ0) is 13.1. The number of hydrogen-bond acceptors (Lipinski definition) is 3. The van der Waals surface area contributed by atoms with Crippen LogP contribution in [-0.4, -0.2) is 18.2 Å². The fourth-order valence-electron chi connectivity index (χ4n) is 1.79. The van der Waals surface area contributed by atoms with Crippen molar-refractivity contribution in [3.05, 3.63) is 40.1 Å². The molecular weight excluding hydrogens is 248 g/mol. The average Bonchev–Trinajstić information content (AvgIpc) is 2.87. The number of aromatic carboxylic acids is 1. The summed E-state index contributed by atoms with van der Waals surface area (Å²) in [5.41, 5.74) is 3.04. The molecule has 0 amide bonds. The highest BCUT2D eigenvalue weighted by molar-refractivity contribution is 7.12. The van der Waals surface area contributed by atoms with Crippen molar-refractivity contribution in [1.82, 2.24) is 0 Å². The lowest BCUT2D eigenvalue weighted by atomic mass is 10.0. The second-order valence-electron chi connectivity index (χ2n) is 3.89. The molecule has 2 aromatic rings. The molecule has 4 heteroatoms. The smallest absolute Gasteiger partial charge is 0.345 e. The number of carbonyl (C=O) groups is 1. The second kappa shape index (κ2) is 5.23. The fourth-order valence-corrected chi connectivity index (χ4v) is 2.54. The van der Waals surface area contributed by atoms with Crippen LogP contribution in [0.3, 0.4) is 0 Å². The lowest BCUT2D eigenvalue weighted by molar-refractivity contribution is 0.0702. The summed E-state index contributed by atoms with van der Waals surface area (Å²) in [4.78, 5) is 11.2. The summed E-state index contributed by atoms with van der Waals surface area (Å²) in [5, 5.41) is 10.8. The number of carboxylic acid groups (broad SMARTS) is 1. The van der Waals surface area contributed by atoms with Crippen molar-refractivity contribution in [1.29, 1.82) is 0 Å². The number of thiophene rings is 1. The van der Waals surface area contributed by atoms with Gasteiger partial charge in [-0.2, -0.15) is 0 Å². The van der Waals surface area contributed by atoms with Gasteiger partial charge in [-0.15, -0.1) is 11.3 Å². The monoisotopic (exact) mass is 262 g/mol. The average molecular weight is 262 g/mol. The summed E-state index contributed by atoms with van der Waals surface area (Å²) >= 11 is 1.23. The SMILES string of the molecule is CCc1ccc(OC)c(-c2csc(C(=O)O)c2)c1. The molecule has 0 aliphatic carbocycles. The zero-order valence-corrected chi connectivity index (χ0v) is 11.1. The van der Waals surface area contributed by atoms with E-state index >= 15 is 0 Å². The van der Waals surface area contributed by atoms with Crippen LogP contribution in [0, 0.1) is 0 Å². The van der Waals surface area contributed by atoms with Crippen molar-refractivity contribution in [2.75, 3.05) is 7.11 Å². The van der Waals surface area contributed by atoms with Crippen LogP contribution in [0.4, 0.5) is 0 Å². The maximum atomic E-state index is 10.9. The molecule has 1 N–H and O–H groups in total. The Morgan fingerprint density at radius 1 is 1.39 bits per heavy atom. The number of carboxylic acids is 1. The summed E-state index contributed by atoms with van der Waals surface area (Å²) in [7, 11) is 1.62. The first kappa shape index (κ1) is 12.6. The van der Waals surface area contributed by atoms with Gasteiger partial charge in [-0.05, 0) is 41.1 Å². The van der Waals surface area contributed by atoms with E-state index in [0.29, 0.717) is 4.88 Å². The molecule has 0 atom stereocenters. The van der Waals surface area contributed by atoms with E-state index in [1.165, 1.54) is 16.9 Å². The first-order valence-corrected chi connectivity index (χ1v) is 6.52. The highest BCUT2D eigenvalue weighted by Gasteiger charge is 2.12. The Balaban J connectivity index is 2.50. The molecule has 2 rings (SSSR count). The Labute approximate surface area is 110 Å². The van der Waals surface area contributed by atoms with Crippen LogP contribution in [0.1, 0.15) is 22.2 Å². The number of methoxy groups -OCH3 is 1. The predicted octanol–water partition coefficient (Wildman–Crippen LogP) is 3.68. The van der Waals surface area contributed by atoms with E-state index in [1.54, 1.807) is 13.2 Å². The van der Waals surface area contributed by atoms with Crippen molar-refractivity contribution in [2.24, 2.45) is 0 Å². The maximum Gasteiger partial charge on any atom is 0.345 e. The number of rotatable bonds is 4. The van der Waals surface area contributed by atoms with Crippen molar-refractivity contribution in [2.45, 2.75) is 13.3 Å². The van der Waals surface area contributed by atoms with Crippen LogP contribution in [0.15, 0.2) is 29.6 Å². The Bertz CT molecular complexity index is 572. The quantitative estimate of drug-likeness (QED) is 0.914. The Hall–Kier alpha value is -1.81. The van der Waals surface area contributed by atoms with E-state index < -0.39 is 5.97 Å². The van der Waals surface area contributed by atoms with Gasteiger partial charge in [0.05, 0.1) is 7.11 Å². The molecule has 3 nitrogen and oxygen atoms in total. The summed E-state index contributed by atoms with van der Waals surface area (Å²) in [5.74, 6) is -0.126. The molecule has 0 saturated heterocycles. The standard InChI is InChI=1S/C14H14O3S/c1-3-9-4-5-12(17-2)11(6-9)10-7-13(14(15)16)18-8-10/h4-8H,3H2,1-2H3,(H,15,16). The van der Waals surface area contributed by atoms with E-state index in [2.05, 4.69) is 6.92 Å². The van der Waals surface area contributed by atoms with Crippen LogP contribution in [-0.2, 0) is 6.42 Å². The number of benzene rings is 1. The van der Waals surface area contributed by atoms with Gasteiger partial charge in [0, 0.05) is 5.56 Å². The maximum absolute atomic E-state index is 10.9. The topological polar surface area (TPSA) is 46.5 Å². The van der Waals surface area contributed by atoms with Gasteiger partial charge < -0.3 is 9.84 Å². The van der Waals surface area contributed by atoms with Crippen molar-refractivity contribution >= 4 is 17.3 Å². The highest BCUT2D eigenvalue weighted by Crippen LogP contribution is 2.34. The Morgan fingerprint density at radius 2 is 2.17 bits per heavy atom. The molecule has 0 aliphatic heterocycles. The second-order valence-corrected chi connectivity index (χ2v) is 4.80. The third-order valence-electron chi connectivity index (χ3n) is 2.79. The van der Waals surface area contributed by atoms with E-state index in [-0.39, 0.29) is 0 Å². The zero-order valence-electron chi connectivity index (χ0n) is 10.3. The van der Waals surface area contributed by atoms with Gasteiger partial charge in [0.2, 0.25) is 0 Å². The number of hydrogen-bond donors (Lipinski definition) is 1. The molecule has 94 valence electrons. The minimum Gasteiger partial charge on any atom is -0.496 e. The van der Waals surface area contributed by atoms with Crippen LogP contribution < -0.4 is 4.74 Å². The molecule has 0 bridgehead atoms. The molecule has 1 heterocycles. The van der Waals surface area contributed by atoms with Crippen molar-refractivity contribution < 1.29 is 14.6 Å². The summed E-state index contributed by atoms with van der Waals surface area (Å²) < 4.78 is 5.33. The highest BCUT2D eigenvalue weighted by atomic mass is 32.1. The predicted molar refractivity (Wildman–Crippen MR) is 72.6 cm³/mol. The van der Waals surface area contributed by atoms with Gasteiger partial charge >= 0.3 is 5.97 Å². The molecule has 0 fully saturated rings. The largest absolute Gasteiger partial charge is 0.496 e. The van der Waals surface area contributed by atoms with Crippen molar-refractivity contribution in [3.8, 4) is 16.9 Å². The molecule has 18 heavy (non-hydrogen) atoms. The minimum atomic E-state index is -0.892. The van der Waals surface area contributed by atoms with E-state index in [9.17, 15) is 4.79 Å². The molecule has 0 unspecified atom stereocenters. The Kier molecular flexibility index (Phi) is 3.67. The first-order valence-electron chi connectivity index (χ1n) is 5.64. The molecular formula is C14H14O3S. The van der Waals surface area contributed by atoms with Gasteiger partial charge in [0.1, 0.15) is 10.6 Å². The van der Waals surface area contributed by atoms with Gasteiger partial charge in [-0.3, -0.25) is 0 Å². The summed E-state index contributed by atoms with van der Waals surface area (Å²) in [6, 6.07) is 7.68. The summed E-state index contributed by atoms with van der Waals surface area (Å²) in [6.07, 6.45) is 0.937. The van der Waals surface area contributed by atoms with Gasteiger partial charge in [0.25, 0.3) is 0 Å². The number of aryl methyl sites for hydroxylation is 1. The first-order chi connectivity index (χ1) is 8.65. The molecule has 0 saturated carbocycles. The van der Waals surface area contributed by atoms with E-state index in [0.717, 1.165) is 23.3 Å². The summed E-state index contributed by atoms with van der Waals surface area (Å²) in [6.45, 7) is 2.09. The van der Waals surface area contributed by atoms with Gasteiger partial charge in [-0.1, -0.05) is 13.0 Å². The van der Waals surface area contributed by atoms with Gasteiger partial charge in [0.15, 0.2) is 0 Å². The molecule has 1 aromatic carbocycles.